The number of H-pyrrole nitrogens is 1. The van der Waals surface area contributed by atoms with Gasteiger partial charge in [0.1, 0.15) is 0 Å². The molecule has 0 aromatic carbocycles. The summed E-state index contributed by atoms with van der Waals surface area (Å²) in [6.45, 7) is 4.61. The van der Waals surface area contributed by atoms with Gasteiger partial charge in [-0.05, 0) is 39.0 Å². The highest BCUT2D eigenvalue weighted by Crippen LogP contribution is 2.32. The van der Waals surface area contributed by atoms with Crippen LogP contribution in [0.2, 0.25) is 0 Å². The first-order valence-electron chi connectivity index (χ1n) is 7.83. The lowest BCUT2D eigenvalue weighted by Gasteiger charge is -2.26. The van der Waals surface area contributed by atoms with Crippen LogP contribution in [0, 0.1) is 0 Å². The van der Waals surface area contributed by atoms with Gasteiger partial charge in [0.05, 0.1) is 6.20 Å². The molecule has 2 heterocycles. The number of aromatic amines is 1. The molecule has 118 valence electrons. The fourth-order valence-corrected chi connectivity index (χ4v) is 5.22. The molecule has 2 unspecified atom stereocenters. The molecule has 6 nitrogen and oxygen atoms in total. The Morgan fingerprint density at radius 1 is 1.38 bits per heavy atom. The molecule has 1 aliphatic heterocycles. The first-order valence-corrected chi connectivity index (χ1v) is 9.27. The van der Waals surface area contributed by atoms with E-state index < -0.39 is 10.0 Å². The van der Waals surface area contributed by atoms with Gasteiger partial charge < -0.3 is 5.32 Å². The molecule has 2 fully saturated rings. The third-order valence-electron chi connectivity index (χ3n) is 4.56. The highest BCUT2D eigenvalue weighted by molar-refractivity contribution is 7.89. The van der Waals surface area contributed by atoms with Gasteiger partial charge >= 0.3 is 0 Å². The molecule has 0 bridgehead atoms. The number of hydrogen-bond donors (Lipinski definition) is 2. The number of sulfonamides is 1. The molecule has 1 aromatic heterocycles. The summed E-state index contributed by atoms with van der Waals surface area (Å²) in [5, 5.41) is 10.3. The second kappa shape index (κ2) is 5.70. The van der Waals surface area contributed by atoms with Crippen molar-refractivity contribution in [2.45, 2.75) is 75.6 Å². The van der Waals surface area contributed by atoms with E-state index in [9.17, 15) is 8.42 Å². The van der Waals surface area contributed by atoms with Crippen molar-refractivity contribution in [3.63, 3.8) is 0 Å². The molecule has 1 aliphatic carbocycles. The Hall–Kier alpha value is -0.920. The van der Waals surface area contributed by atoms with Gasteiger partial charge in [0.25, 0.3) is 10.0 Å². The van der Waals surface area contributed by atoms with Gasteiger partial charge in [-0.15, -0.1) is 0 Å². The van der Waals surface area contributed by atoms with Crippen molar-refractivity contribution < 1.29 is 8.42 Å². The lowest BCUT2D eigenvalue weighted by Crippen LogP contribution is -2.40. The number of hydrogen-bond acceptors (Lipinski definition) is 4. The molecule has 0 spiro atoms. The second-order valence-corrected chi connectivity index (χ2v) is 7.98. The van der Waals surface area contributed by atoms with E-state index in [0.29, 0.717) is 12.6 Å². The van der Waals surface area contributed by atoms with Gasteiger partial charge in [0.15, 0.2) is 5.03 Å². The first kappa shape index (κ1) is 15.0. The van der Waals surface area contributed by atoms with Crippen molar-refractivity contribution >= 4 is 10.0 Å². The lowest BCUT2D eigenvalue weighted by molar-refractivity contribution is 0.327. The van der Waals surface area contributed by atoms with Gasteiger partial charge in [-0.3, -0.25) is 5.10 Å². The van der Waals surface area contributed by atoms with Crippen LogP contribution in [0.4, 0.5) is 0 Å². The minimum Gasteiger partial charge on any atom is -0.310 e. The summed E-state index contributed by atoms with van der Waals surface area (Å²) in [6, 6.07) is 0.717. The van der Waals surface area contributed by atoms with E-state index in [1.165, 1.54) is 12.8 Å². The third kappa shape index (κ3) is 2.86. The Labute approximate surface area is 126 Å². The molecule has 0 amide bonds. The van der Waals surface area contributed by atoms with Gasteiger partial charge in [-0.25, -0.2) is 8.42 Å². The normalized spacial score (nSPS) is 27.3. The number of nitrogens with one attached hydrogen (secondary N) is 2. The molecule has 1 saturated heterocycles. The highest BCUT2D eigenvalue weighted by Gasteiger charge is 2.40. The van der Waals surface area contributed by atoms with Crippen LogP contribution in [-0.4, -0.2) is 41.0 Å². The molecule has 2 atom stereocenters. The molecule has 2 aliphatic rings. The smallest absolute Gasteiger partial charge is 0.260 e. The zero-order valence-corrected chi connectivity index (χ0v) is 13.5. The highest BCUT2D eigenvalue weighted by atomic mass is 32.2. The molecular weight excluding hydrogens is 288 g/mol. The van der Waals surface area contributed by atoms with Crippen LogP contribution in [0.5, 0.6) is 0 Å². The zero-order chi connectivity index (χ0) is 15.0. The Balaban J connectivity index is 1.85. The largest absolute Gasteiger partial charge is 0.310 e. The molecular formula is C14H24N4O2S. The molecule has 0 radical (unpaired) electrons. The summed E-state index contributed by atoms with van der Waals surface area (Å²) in [5.41, 5.74) is 0.746. The average molecular weight is 312 g/mol. The van der Waals surface area contributed by atoms with Crippen molar-refractivity contribution in [3.8, 4) is 0 Å². The summed E-state index contributed by atoms with van der Waals surface area (Å²) in [7, 11) is -3.49. The third-order valence-corrected chi connectivity index (χ3v) is 6.64. The summed E-state index contributed by atoms with van der Waals surface area (Å²) in [4.78, 5) is 0. The van der Waals surface area contributed by atoms with Crippen LogP contribution in [0.15, 0.2) is 11.2 Å². The van der Waals surface area contributed by atoms with E-state index in [4.69, 9.17) is 0 Å². The molecule has 2 N–H and O–H groups in total. The van der Waals surface area contributed by atoms with E-state index in [-0.39, 0.29) is 17.1 Å². The zero-order valence-electron chi connectivity index (χ0n) is 12.7. The van der Waals surface area contributed by atoms with Crippen molar-refractivity contribution in [2.24, 2.45) is 0 Å². The quantitative estimate of drug-likeness (QED) is 0.836. The van der Waals surface area contributed by atoms with Crippen molar-refractivity contribution in [3.05, 3.63) is 11.8 Å². The van der Waals surface area contributed by atoms with E-state index >= 15 is 0 Å². The van der Waals surface area contributed by atoms with Gasteiger partial charge in [0.2, 0.25) is 0 Å². The molecule has 1 saturated carbocycles. The van der Waals surface area contributed by atoms with Crippen LogP contribution < -0.4 is 5.32 Å². The molecule has 1 aromatic rings. The fourth-order valence-electron chi connectivity index (χ4n) is 3.16. The summed E-state index contributed by atoms with van der Waals surface area (Å²) >= 11 is 0. The lowest BCUT2D eigenvalue weighted by atomic mass is 10.2. The topological polar surface area (TPSA) is 78.1 Å². The maximum atomic E-state index is 13.0. The summed E-state index contributed by atoms with van der Waals surface area (Å²) < 4.78 is 27.6. The Kier molecular flexibility index (Phi) is 4.07. The van der Waals surface area contributed by atoms with E-state index in [1.54, 1.807) is 10.5 Å². The van der Waals surface area contributed by atoms with Crippen LogP contribution in [0.3, 0.4) is 0 Å². The van der Waals surface area contributed by atoms with Gasteiger partial charge in [-0.1, -0.05) is 6.92 Å². The predicted molar refractivity (Wildman–Crippen MR) is 80.2 cm³/mol. The number of nitrogens with zero attached hydrogens (tertiary/aromatic N) is 2. The van der Waals surface area contributed by atoms with E-state index in [1.807, 2.05) is 13.8 Å². The second-order valence-electron chi connectivity index (χ2n) is 6.20. The van der Waals surface area contributed by atoms with Crippen LogP contribution in [0.25, 0.3) is 0 Å². The van der Waals surface area contributed by atoms with Gasteiger partial charge in [0, 0.05) is 30.2 Å². The van der Waals surface area contributed by atoms with Crippen LogP contribution in [0.1, 0.15) is 51.5 Å². The average Bonchev–Trinajstić information content (AvgIpc) is 3.00. The maximum absolute atomic E-state index is 13.0. The standard InChI is InChI=1S/C14H24N4O2S/c1-3-13-7-4-10(2)18(13)21(19,20)14-11(9-16-17-14)8-15-12-5-6-12/h9-10,12-13,15H,3-8H2,1-2H3,(H,16,17). The van der Waals surface area contributed by atoms with Gasteiger partial charge in [-0.2, -0.15) is 9.40 Å². The fraction of sp³-hybridized carbons (Fsp3) is 0.786. The summed E-state index contributed by atoms with van der Waals surface area (Å²) in [5.74, 6) is 0. The van der Waals surface area contributed by atoms with Crippen LogP contribution in [-0.2, 0) is 16.6 Å². The molecule has 3 rings (SSSR count). The Morgan fingerprint density at radius 3 is 2.81 bits per heavy atom. The SMILES string of the molecule is CCC1CCC(C)N1S(=O)(=O)c1[nH]ncc1CNC1CC1. The van der Waals surface area contributed by atoms with E-state index in [0.717, 1.165) is 24.8 Å². The number of aromatic nitrogens is 2. The maximum Gasteiger partial charge on any atom is 0.260 e. The van der Waals surface area contributed by atoms with Crippen molar-refractivity contribution in [1.29, 1.82) is 0 Å². The predicted octanol–water partition coefficient (Wildman–Crippen LogP) is 1.61. The minimum absolute atomic E-state index is 0.0625. The van der Waals surface area contributed by atoms with E-state index in [2.05, 4.69) is 15.5 Å². The van der Waals surface area contributed by atoms with Crippen molar-refractivity contribution in [2.75, 3.05) is 0 Å². The Bertz CT molecular complexity index is 594. The number of rotatable bonds is 6. The monoisotopic (exact) mass is 312 g/mol. The molecule has 7 heteroatoms. The molecule has 21 heavy (non-hydrogen) atoms. The van der Waals surface area contributed by atoms with Crippen LogP contribution >= 0.6 is 0 Å². The first-order chi connectivity index (χ1) is 10.0. The summed E-state index contributed by atoms with van der Waals surface area (Å²) in [6.07, 6.45) is 6.72. The minimum atomic E-state index is -3.49. The Morgan fingerprint density at radius 2 is 2.14 bits per heavy atom. The van der Waals surface area contributed by atoms with Crippen molar-refractivity contribution in [1.82, 2.24) is 19.8 Å².